The largest absolute Gasteiger partial charge is 0.385 e. The topological polar surface area (TPSA) is 37.3 Å². The fourth-order valence-corrected chi connectivity index (χ4v) is 1.52. The van der Waals surface area contributed by atoms with E-state index in [0.29, 0.717) is 6.42 Å². The third-order valence-electron chi connectivity index (χ3n) is 2.65. The van der Waals surface area contributed by atoms with Crippen molar-refractivity contribution in [1.29, 1.82) is 0 Å². The molecule has 2 heteroatoms. The van der Waals surface area contributed by atoms with Gasteiger partial charge >= 0.3 is 0 Å². The molecule has 1 unspecified atom stereocenters. The van der Waals surface area contributed by atoms with E-state index in [1.54, 1.807) is 0 Å². The van der Waals surface area contributed by atoms with Gasteiger partial charge in [-0.15, -0.1) is 0 Å². The van der Waals surface area contributed by atoms with Crippen LogP contribution >= 0.6 is 0 Å². The number of carbonyl (C=O) groups is 1. The quantitative estimate of drug-likeness (QED) is 0.660. The van der Waals surface area contributed by atoms with Gasteiger partial charge in [-0.05, 0) is 11.8 Å². The molecule has 90 valence electrons. The minimum atomic E-state index is -0.802. The Bertz CT molecular complexity index is 179. The number of hydrogen-bond acceptors (Lipinski definition) is 2. The summed E-state index contributed by atoms with van der Waals surface area (Å²) in [5.74, 6) is -0.000927. The highest BCUT2D eigenvalue weighted by molar-refractivity contribution is 5.83. The Morgan fingerprint density at radius 1 is 1.13 bits per heavy atom. The van der Waals surface area contributed by atoms with Gasteiger partial charge in [0, 0.05) is 6.42 Å². The maximum atomic E-state index is 11.6. The molecule has 0 radical (unpaired) electrons. The summed E-state index contributed by atoms with van der Waals surface area (Å²) in [7, 11) is 0. The van der Waals surface area contributed by atoms with Crippen molar-refractivity contribution in [2.75, 3.05) is 0 Å². The first-order valence-electron chi connectivity index (χ1n) is 6.10. The fraction of sp³-hybridized carbons (Fsp3) is 0.923. The van der Waals surface area contributed by atoms with E-state index >= 15 is 0 Å². The molecule has 0 spiro atoms. The van der Waals surface area contributed by atoms with E-state index in [1.165, 1.54) is 19.3 Å². The van der Waals surface area contributed by atoms with Gasteiger partial charge in [0.1, 0.15) is 6.10 Å². The van der Waals surface area contributed by atoms with Gasteiger partial charge < -0.3 is 5.11 Å². The molecule has 0 saturated carbocycles. The molecule has 0 aromatic rings. The molecule has 1 atom stereocenters. The van der Waals surface area contributed by atoms with Crippen LogP contribution in [0.1, 0.15) is 66.2 Å². The summed E-state index contributed by atoms with van der Waals surface area (Å²) >= 11 is 0. The van der Waals surface area contributed by atoms with E-state index in [1.807, 2.05) is 20.8 Å². The second-order valence-electron chi connectivity index (χ2n) is 5.40. The van der Waals surface area contributed by atoms with Gasteiger partial charge in [-0.2, -0.15) is 0 Å². The summed E-state index contributed by atoms with van der Waals surface area (Å²) in [6.07, 6.45) is 5.43. The molecule has 0 saturated heterocycles. The SMILES string of the molecule is CCCCCCCC(=O)C(O)C(C)(C)C. The summed E-state index contributed by atoms with van der Waals surface area (Å²) in [5.41, 5.74) is -0.319. The lowest BCUT2D eigenvalue weighted by Gasteiger charge is -2.24. The van der Waals surface area contributed by atoms with Gasteiger partial charge in [-0.1, -0.05) is 53.4 Å². The van der Waals surface area contributed by atoms with E-state index in [4.69, 9.17) is 0 Å². The Kier molecular flexibility index (Phi) is 6.82. The van der Waals surface area contributed by atoms with Crippen molar-refractivity contribution < 1.29 is 9.90 Å². The van der Waals surface area contributed by atoms with E-state index in [0.717, 1.165) is 12.8 Å². The standard InChI is InChI=1S/C13H26O2/c1-5-6-7-8-9-10-11(14)12(15)13(2,3)4/h12,15H,5-10H2,1-4H3. The molecule has 1 N–H and O–H groups in total. The van der Waals surface area contributed by atoms with E-state index < -0.39 is 6.10 Å². The van der Waals surface area contributed by atoms with E-state index in [2.05, 4.69) is 6.92 Å². The maximum absolute atomic E-state index is 11.6. The molecular weight excluding hydrogens is 188 g/mol. The smallest absolute Gasteiger partial charge is 0.161 e. The van der Waals surface area contributed by atoms with Crippen molar-refractivity contribution in [2.24, 2.45) is 5.41 Å². The monoisotopic (exact) mass is 214 g/mol. The van der Waals surface area contributed by atoms with Crippen molar-refractivity contribution in [2.45, 2.75) is 72.3 Å². The average molecular weight is 214 g/mol. The molecule has 2 nitrogen and oxygen atoms in total. The molecule has 0 aliphatic carbocycles. The van der Waals surface area contributed by atoms with E-state index in [-0.39, 0.29) is 11.2 Å². The molecule has 0 fully saturated rings. The first-order valence-corrected chi connectivity index (χ1v) is 6.10. The predicted octanol–water partition coefficient (Wildman–Crippen LogP) is 3.32. The number of carbonyl (C=O) groups excluding carboxylic acids is 1. The Morgan fingerprint density at radius 3 is 2.13 bits per heavy atom. The zero-order chi connectivity index (χ0) is 11.9. The zero-order valence-corrected chi connectivity index (χ0v) is 10.7. The van der Waals surface area contributed by atoms with Crippen LogP contribution in [0.2, 0.25) is 0 Å². The molecule has 0 aliphatic heterocycles. The average Bonchev–Trinajstić information content (AvgIpc) is 2.14. The van der Waals surface area contributed by atoms with Crippen LogP contribution in [0.4, 0.5) is 0 Å². The Hall–Kier alpha value is -0.370. The summed E-state index contributed by atoms with van der Waals surface area (Å²) in [4.78, 5) is 11.6. The number of rotatable bonds is 7. The van der Waals surface area contributed by atoms with Gasteiger partial charge in [-0.3, -0.25) is 4.79 Å². The van der Waals surface area contributed by atoms with Crippen LogP contribution in [0.15, 0.2) is 0 Å². The minimum absolute atomic E-state index is 0.000927. The third kappa shape index (κ3) is 6.67. The highest BCUT2D eigenvalue weighted by atomic mass is 16.3. The van der Waals surface area contributed by atoms with Crippen molar-refractivity contribution in [1.82, 2.24) is 0 Å². The molecule has 0 aromatic heterocycles. The van der Waals surface area contributed by atoms with Gasteiger partial charge in [0.25, 0.3) is 0 Å². The molecule has 0 heterocycles. The van der Waals surface area contributed by atoms with Gasteiger partial charge in [0.2, 0.25) is 0 Å². The number of ketones is 1. The maximum Gasteiger partial charge on any atom is 0.161 e. The number of unbranched alkanes of at least 4 members (excludes halogenated alkanes) is 4. The van der Waals surface area contributed by atoms with Crippen molar-refractivity contribution in [3.8, 4) is 0 Å². The van der Waals surface area contributed by atoms with E-state index in [9.17, 15) is 9.90 Å². The van der Waals surface area contributed by atoms with Gasteiger partial charge in [0.15, 0.2) is 5.78 Å². The van der Waals surface area contributed by atoms with Crippen LogP contribution < -0.4 is 0 Å². The highest BCUT2D eigenvalue weighted by Gasteiger charge is 2.27. The Balaban J connectivity index is 3.66. The second kappa shape index (κ2) is 7.00. The van der Waals surface area contributed by atoms with Crippen LogP contribution in [-0.4, -0.2) is 17.0 Å². The Labute approximate surface area is 94.1 Å². The summed E-state index contributed by atoms with van der Waals surface area (Å²) in [6, 6.07) is 0. The molecular formula is C13H26O2. The van der Waals surface area contributed by atoms with Gasteiger partial charge in [0.05, 0.1) is 0 Å². The Morgan fingerprint density at radius 2 is 1.67 bits per heavy atom. The van der Waals surface area contributed by atoms with Crippen LogP contribution in [0.5, 0.6) is 0 Å². The van der Waals surface area contributed by atoms with Crippen molar-refractivity contribution in [3.63, 3.8) is 0 Å². The van der Waals surface area contributed by atoms with Crippen LogP contribution in [0, 0.1) is 5.41 Å². The van der Waals surface area contributed by atoms with Crippen molar-refractivity contribution in [3.05, 3.63) is 0 Å². The molecule has 0 bridgehead atoms. The number of Topliss-reactive ketones (excluding diaryl/α,β-unsaturated/α-hetero) is 1. The zero-order valence-electron chi connectivity index (χ0n) is 10.7. The number of aliphatic hydroxyl groups excluding tert-OH is 1. The van der Waals surface area contributed by atoms with Gasteiger partial charge in [-0.25, -0.2) is 0 Å². The lowest BCUT2D eigenvalue weighted by molar-refractivity contribution is -0.132. The minimum Gasteiger partial charge on any atom is -0.385 e. The number of hydrogen-bond donors (Lipinski definition) is 1. The van der Waals surface area contributed by atoms with Crippen LogP contribution in [-0.2, 0) is 4.79 Å². The fourth-order valence-electron chi connectivity index (χ4n) is 1.52. The predicted molar refractivity (Wildman–Crippen MR) is 63.8 cm³/mol. The molecule has 15 heavy (non-hydrogen) atoms. The summed E-state index contributed by atoms with van der Waals surface area (Å²) < 4.78 is 0. The first kappa shape index (κ1) is 14.6. The van der Waals surface area contributed by atoms with Crippen molar-refractivity contribution >= 4 is 5.78 Å². The normalized spacial score (nSPS) is 13.9. The third-order valence-corrected chi connectivity index (χ3v) is 2.65. The first-order chi connectivity index (χ1) is 6.89. The molecule has 0 aromatic carbocycles. The molecule has 0 aliphatic rings. The van der Waals surface area contributed by atoms with Crippen LogP contribution in [0.3, 0.4) is 0 Å². The molecule has 0 rings (SSSR count). The highest BCUT2D eigenvalue weighted by Crippen LogP contribution is 2.21. The summed E-state index contributed by atoms with van der Waals surface area (Å²) in [6.45, 7) is 7.86. The lowest BCUT2D eigenvalue weighted by atomic mass is 9.85. The lowest BCUT2D eigenvalue weighted by Crippen LogP contribution is -2.34. The molecule has 0 amide bonds. The number of aliphatic hydroxyl groups is 1. The van der Waals surface area contributed by atoms with Crippen LogP contribution in [0.25, 0.3) is 0 Å². The summed E-state index contributed by atoms with van der Waals surface area (Å²) in [5, 5.41) is 9.71. The second-order valence-corrected chi connectivity index (χ2v) is 5.40.